The lowest BCUT2D eigenvalue weighted by molar-refractivity contribution is -0.149. The molecule has 3 heterocycles. The van der Waals surface area contributed by atoms with E-state index in [-0.39, 0.29) is 23.7 Å². The Kier molecular flexibility index (Phi) is 6.10. The van der Waals surface area contributed by atoms with Crippen LogP contribution in [0.4, 0.5) is 0 Å². The topological polar surface area (TPSA) is 98.2 Å². The maximum Gasteiger partial charge on any atom is 0.308 e. The van der Waals surface area contributed by atoms with Gasteiger partial charge < -0.3 is 20.0 Å². The Bertz CT molecular complexity index is 671. The molecule has 0 radical (unpaired) electrons. The number of carboxylic acid groups (broad SMARTS) is 1. The summed E-state index contributed by atoms with van der Waals surface area (Å²) in [5, 5.41) is 19.4. The third kappa shape index (κ3) is 3.05. The summed E-state index contributed by atoms with van der Waals surface area (Å²) in [4.78, 5) is 42.2. The van der Waals surface area contributed by atoms with Gasteiger partial charge in [-0.05, 0) is 26.2 Å². The first-order valence-corrected chi connectivity index (χ1v) is 10.9. The molecule has 156 valence electrons. The second-order valence-corrected chi connectivity index (χ2v) is 9.70. The third-order valence-corrected chi connectivity index (χ3v) is 8.39. The number of carbonyl (C=O) groups excluding carboxylic acids is 2. The van der Waals surface area contributed by atoms with Crippen LogP contribution in [0.2, 0.25) is 0 Å². The monoisotopic (exact) mass is 410 g/mol. The maximum absolute atomic E-state index is 13.7. The van der Waals surface area contributed by atoms with Crippen LogP contribution in [0.5, 0.6) is 0 Å². The highest BCUT2D eigenvalue weighted by Crippen LogP contribution is 2.66. The molecule has 0 aromatic carbocycles. The first kappa shape index (κ1) is 21.2. The summed E-state index contributed by atoms with van der Waals surface area (Å²) in [6.45, 7) is 8.22. The number of aliphatic carboxylic acids is 1. The third-order valence-electron chi connectivity index (χ3n) is 6.44. The fourth-order valence-corrected chi connectivity index (χ4v) is 7.38. The maximum atomic E-state index is 13.7. The number of aliphatic hydroxyl groups excluding tert-OH is 1. The van der Waals surface area contributed by atoms with E-state index in [9.17, 15) is 24.6 Å². The Balaban J connectivity index is 2.03. The van der Waals surface area contributed by atoms with Gasteiger partial charge in [-0.3, -0.25) is 14.4 Å². The molecule has 3 fully saturated rings. The number of nitrogens with zero attached hydrogens (tertiary/aromatic N) is 2. The van der Waals surface area contributed by atoms with Crippen molar-refractivity contribution in [2.24, 2.45) is 11.8 Å². The molecule has 3 aliphatic rings. The van der Waals surface area contributed by atoms with Crippen molar-refractivity contribution in [1.29, 1.82) is 0 Å². The Hall–Kier alpha value is -1.54. The zero-order chi connectivity index (χ0) is 20.6. The van der Waals surface area contributed by atoms with Crippen LogP contribution in [0.1, 0.15) is 39.5 Å². The number of carboxylic acids is 1. The van der Waals surface area contributed by atoms with Gasteiger partial charge in [-0.25, -0.2) is 0 Å². The lowest BCUT2D eigenvalue weighted by Crippen LogP contribution is -2.57. The molecule has 3 rings (SSSR count). The van der Waals surface area contributed by atoms with Gasteiger partial charge in [0.2, 0.25) is 11.8 Å². The highest BCUT2D eigenvalue weighted by molar-refractivity contribution is 8.02. The molecule has 0 aromatic rings. The van der Waals surface area contributed by atoms with Gasteiger partial charge in [0.15, 0.2) is 0 Å². The first-order valence-electron chi connectivity index (χ1n) is 10.1. The van der Waals surface area contributed by atoms with E-state index in [1.165, 1.54) is 16.7 Å². The zero-order valence-corrected chi connectivity index (χ0v) is 17.4. The molecule has 7 nitrogen and oxygen atoms in total. The summed E-state index contributed by atoms with van der Waals surface area (Å²) in [6.07, 6.45) is 4.82. The zero-order valence-electron chi connectivity index (χ0n) is 16.5. The minimum absolute atomic E-state index is 0.128. The van der Waals surface area contributed by atoms with Crippen LogP contribution in [-0.2, 0) is 14.4 Å². The van der Waals surface area contributed by atoms with Crippen LogP contribution in [0, 0.1) is 11.8 Å². The second-order valence-electron chi connectivity index (χ2n) is 8.10. The van der Waals surface area contributed by atoms with E-state index in [0.717, 1.165) is 12.8 Å². The van der Waals surface area contributed by atoms with Crippen molar-refractivity contribution >= 4 is 29.5 Å². The van der Waals surface area contributed by atoms with Gasteiger partial charge in [0.25, 0.3) is 0 Å². The molecule has 2 N–H and O–H groups in total. The van der Waals surface area contributed by atoms with Crippen LogP contribution in [-0.4, -0.2) is 79.6 Å². The molecule has 0 aliphatic carbocycles. The average molecular weight is 411 g/mol. The van der Waals surface area contributed by atoms with Crippen molar-refractivity contribution in [1.82, 2.24) is 9.80 Å². The van der Waals surface area contributed by atoms with Crippen LogP contribution < -0.4 is 0 Å². The first-order chi connectivity index (χ1) is 13.3. The Morgan fingerprint density at radius 2 is 2.21 bits per heavy atom. The molecule has 0 saturated carbocycles. The number of hydrogen-bond acceptors (Lipinski definition) is 5. The van der Waals surface area contributed by atoms with Crippen LogP contribution in [0.15, 0.2) is 12.7 Å². The number of thioether (sulfide) groups is 1. The van der Waals surface area contributed by atoms with Crippen molar-refractivity contribution in [3.05, 3.63) is 12.7 Å². The van der Waals surface area contributed by atoms with Crippen molar-refractivity contribution < 1.29 is 24.6 Å². The molecular formula is C20H30N2O5S. The number of carbonyl (C=O) groups is 3. The van der Waals surface area contributed by atoms with E-state index in [1.54, 1.807) is 17.9 Å². The quantitative estimate of drug-likeness (QED) is 0.557. The number of amides is 2. The van der Waals surface area contributed by atoms with Gasteiger partial charge >= 0.3 is 5.97 Å². The van der Waals surface area contributed by atoms with Gasteiger partial charge in [0, 0.05) is 18.3 Å². The Morgan fingerprint density at radius 3 is 2.79 bits per heavy atom. The summed E-state index contributed by atoms with van der Waals surface area (Å²) >= 11 is 1.52. The molecule has 1 spiro atoms. The number of fused-ring (bicyclic) bond motifs is 1. The van der Waals surface area contributed by atoms with Crippen molar-refractivity contribution in [2.45, 2.75) is 61.6 Å². The Labute approximate surface area is 170 Å². The number of hydrogen-bond donors (Lipinski definition) is 2. The van der Waals surface area contributed by atoms with Crippen molar-refractivity contribution in [3.63, 3.8) is 0 Å². The van der Waals surface area contributed by atoms with Crippen molar-refractivity contribution in [3.8, 4) is 0 Å². The number of rotatable bonds is 9. The fraction of sp³-hybridized carbons (Fsp3) is 0.750. The van der Waals surface area contributed by atoms with Crippen molar-refractivity contribution in [2.75, 3.05) is 19.7 Å². The molecular weight excluding hydrogens is 380 g/mol. The predicted molar refractivity (Wildman–Crippen MR) is 107 cm³/mol. The second kappa shape index (κ2) is 8.06. The largest absolute Gasteiger partial charge is 0.481 e. The van der Waals surface area contributed by atoms with E-state index >= 15 is 0 Å². The van der Waals surface area contributed by atoms with Crippen LogP contribution >= 0.6 is 11.8 Å². The van der Waals surface area contributed by atoms with E-state index in [0.29, 0.717) is 25.9 Å². The molecule has 3 aliphatic heterocycles. The molecule has 3 saturated heterocycles. The molecule has 2 unspecified atom stereocenters. The lowest BCUT2D eigenvalue weighted by atomic mass is 9.71. The van der Waals surface area contributed by atoms with E-state index in [1.807, 2.05) is 0 Å². The molecule has 8 heteroatoms. The number of likely N-dealkylation sites (tertiary alicyclic amines) is 1. The molecule has 2 bridgehead atoms. The minimum atomic E-state index is -0.962. The summed E-state index contributed by atoms with van der Waals surface area (Å²) < 4.78 is -0.711. The highest BCUT2D eigenvalue weighted by Gasteiger charge is 2.74. The standard InChI is InChI=1S/C20H30N2O5S/c1-4-6-10-21(9-5-2)18(25)16-20-8-7-13(28-20)14(19(26)27)15(20)17(24)22(16)12(3)11-23/h5,12-16,23H,2,4,6-11H2,1,3H3,(H,26,27)/t12-,13-,14+,15+,16?,20?/m1/s1. The normalized spacial score (nSPS) is 34.4. The predicted octanol–water partition coefficient (Wildman–Crippen LogP) is 1.36. The van der Waals surface area contributed by atoms with Gasteiger partial charge in [0.1, 0.15) is 6.04 Å². The van der Waals surface area contributed by atoms with Gasteiger partial charge in [0.05, 0.1) is 29.2 Å². The summed E-state index contributed by atoms with van der Waals surface area (Å²) in [6, 6.07) is -1.27. The molecule has 2 amide bonds. The van der Waals surface area contributed by atoms with E-state index in [2.05, 4.69) is 13.5 Å². The van der Waals surface area contributed by atoms with Gasteiger partial charge in [-0.2, -0.15) is 0 Å². The SMILES string of the molecule is C=CCN(CCCC)C(=O)C1N([C@H](C)CO)C(=O)[C@@H]2[C@@H](C(=O)O)[C@H]3CCC12S3. The smallest absolute Gasteiger partial charge is 0.308 e. The van der Waals surface area contributed by atoms with E-state index < -0.39 is 34.6 Å². The number of unbranched alkanes of at least 4 members (excludes halogenated alkanes) is 1. The van der Waals surface area contributed by atoms with Crippen LogP contribution in [0.25, 0.3) is 0 Å². The lowest BCUT2D eigenvalue weighted by Gasteiger charge is -2.38. The molecule has 28 heavy (non-hydrogen) atoms. The summed E-state index contributed by atoms with van der Waals surface area (Å²) in [5.41, 5.74) is 0. The Morgan fingerprint density at radius 1 is 1.50 bits per heavy atom. The van der Waals surface area contributed by atoms with Gasteiger partial charge in [-0.15, -0.1) is 18.3 Å². The van der Waals surface area contributed by atoms with Crippen LogP contribution in [0.3, 0.4) is 0 Å². The van der Waals surface area contributed by atoms with Gasteiger partial charge in [-0.1, -0.05) is 19.4 Å². The minimum Gasteiger partial charge on any atom is -0.481 e. The number of aliphatic hydroxyl groups is 1. The summed E-state index contributed by atoms with van der Waals surface area (Å²) in [7, 11) is 0. The van der Waals surface area contributed by atoms with E-state index in [4.69, 9.17) is 0 Å². The average Bonchev–Trinajstić information content (AvgIpc) is 3.31. The molecule has 6 atom stereocenters. The molecule has 0 aromatic heterocycles. The fourth-order valence-electron chi connectivity index (χ4n) is 5.18. The highest BCUT2D eigenvalue weighted by atomic mass is 32.2. The summed E-state index contributed by atoms with van der Waals surface area (Å²) in [5.74, 6) is -2.87.